The molecule has 2 atom stereocenters. The van der Waals surface area contributed by atoms with E-state index < -0.39 is 10.0 Å². The zero-order chi connectivity index (χ0) is 15.5. The van der Waals surface area contributed by atoms with Crippen molar-refractivity contribution in [3.8, 4) is 0 Å². The predicted octanol–water partition coefficient (Wildman–Crippen LogP) is 0.351. The van der Waals surface area contributed by atoms with E-state index in [1.165, 1.54) is 6.26 Å². The summed E-state index contributed by atoms with van der Waals surface area (Å²) >= 11 is 0. The van der Waals surface area contributed by atoms with Gasteiger partial charge in [-0.2, -0.15) is 0 Å². The van der Waals surface area contributed by atoms with Gasteiger partial charge in [0.15, 0.2) is 0 Å². The Balaban J connectivity index is 2.03. The molecule has 0 bridgehead atoms. The number of nitrogens with zero attached hydrogens (tertiary/aromatic N) is 3. The summed E-state index contributed by atoms with van der Waals surface area (Å²) in [7, 11) is -3.12. The number of aromatic nitrogens is 2. The Morgan fingerprint density at radius 2 is 2.14 bits per heavy atom. The number of aryl methyl sites for hydroxylation is 1. The maximum absolute atomic E-state index is 11.7. The number of rotatable bonds is 5. The third kappa shape index (κ3) is 4.44. The second-order valence-corrected chi connectivity index (χ2v) is 7.69. The van der Waals surface area contributed by atoms with Crippen LogP contribution < -0.4 is 11.3 Å². The van der Waals surface area contributed by atoms with Crippen LogP contribution in [0.25, 0.3) is 0 Å². The molecule has 1 aromatic heterocycles. The van der Waals surface area contributed by atoms with Crippen molar-refractivity contribution < 1.29 is 8.42 Å². The fourth-order valence-corrected chi connectivity index (χ4v) is 3.63. The van der Waals surface area contributed by atoms with Crippen molar-refractivity contribution in [2.45, 2.75) is 32.2 Å². The molecule has 0 saturated carbocycles. The van der Waals surface area contributed by atoms with Crippen LogP contribution in [0.5, 0.6) is 0 Å². The molecular weight excluding hydrogens is 290 g/mol. The van der Waals surface area contributed by atoms with Crippen molar-refractivity contribution in [2.24, 2.45) is 11.8 Å². The van der Waals surface area contributed by atoms with E-state index in [2.05, 4.69) is 15.4 Å². The van der Waals surface area contributed by atoms with Gasteiger partial charge in [-0.05, 0) is 37.7 Å². The molecule has 21 heavy (non-hydrogen) atoms. The molecule has 0 amide bonds. The lowest BCUT2D eigenvalue weighted by atomic mass is 9.92. The standard InChI is InChI=1S/C13H23N5O2S/c1-10-7-15-13(16-8-10)12(17-14)6-11-4-3-5-18(9-11)21(2,19)20/h7-8,11-12,17H,3-6,9,14H2,1-2H3. The Hall–Kier alpha value is -1.09. The molecule has 3 N–H and O–H groups in total. The van der Waals surface area contributed by atoms with Gasteiger partial charge in [0.05, 0.1) is 12.3 Å². The van der Waals surface area contributed by atoms with Gasteiger partial charge in [-0.1, -0.05) is 0 Å². The maximum Gasteiger partial charge on any atom is 0.211 e. The summed E-state index contributed by atoms with van der Waals surface area (Å²) in [4.78, 5) is 8.59. The van der Waals surface area contributed by atoms with Crippen LogP contribution in [0.2, 0.25) is 0 Å². The van der Waals surface area contributed by atoms with Crippen LogP contribution in [0, 0.1) is 12.8 Å². The van der Waals surface area contributed by atoms with Crippen molar-refractivity contribution in [3.05, 3.63) is 23.8 Å². The highest BCUT2D eigenvalue weighted by molar-refractivity contribution is 7.88. The second-order valence-electron chi connectivity index (χ2n) is 5.70. The number of piperidine rings is 1. The number of hydrazine groups is 1. The summed E-state index contributed by atoms with van der Waals surface area (Å²) in [6.45, 7) is 3.08. The number of nitrogens with two attached hydrogens (primary N) is 1. The quantitative estimate of drug-likeness (QED) is 0.601. The van der Waals surface area contributed by atoms with Gasteiger partial charge in [-0.3, -0.25) is 5.84 Å². The first-order valence-corrected chi connectivity index (χ1v) is 8.94. The minimum absolute atomic E-state index is 0.157. The maximum atomic E-state index is 11.7. The molecule has 0 spiro atoms. The van der Waals surface area contributed by atoms with E-state index in [9.17, 15) is 8.42 Å². The van der Waals surface area contributed by atoms with E-state index in [0.717, 1.165) is 24.8 Å². The van der Waals surface area contributed by atoms with Gasteiger partial charge in [-0.15, -0.1) is 0 Å². The predicted molar refractivity (Wildman–Crippen MR) is 80.6 cm³/mol. The summed E-state index contributed by atoms with van der Waals surface area (Å²) in [6.07, 6.45) is 7.38. The third-order valence-corrected chi connectivity index (χ3v) is 5.10. The van der Waals surface area contributed by atoms with Crippen LogP contribution in [0.1, 0.15) is 36.7 Å². The Morgan fingerprint density at radius 3 is 2.71 bits per heavy atom. The first-order valence-electron chi connectivity index (χ1n) is 7.10. The largest absolute Gasteiger partial charge is 0.271 e. The topological polar surface area (TPSA) is 101 Å². The van der Waals surface area contributed by atoms with Gasteiger partial charge >= 0.3 is 0 Å². The van der Waals surface area contributed by atoms with E-state index >= 15 is 0 Å². The highest BCUT2D eigenvalue weighted by Crippen LogP contribution is 2.26. The second kappa shape index (κ2) is 6.78. The average Bonchev–Trinajstić information content (AvgIpc) is 2.45. The average molecular weight is 313 g/mol. The van der Waals surface area contributed by atoms with Crippen molar-refractivity contribution in [2.75, 3.05) is 19.3 Å². The number of nitrogens with one attached hydrogen (secondary N) is 1. The van der Waals surface area contributed by atoms with Gasteiger partial charge < -0.3 is 0 Å². The number of hydrogen-bond acceptors (Lipinski definition) is 6. The Kier molecular flexibility index (Phi) is 5.26. The molecule has 0 aromatic carbocycles. The van der Waals surface area contributed by atoms with Gasteiger partial charge in [0.1, 0.15) is 5.82 Å². The minimum Gasteiger partial charge on any atom is -0.271 e. The molecule has 1 fully saturated rings. The molecule has 1 aliphatic heterocycles. The Bertz CT molecular complexity index is 560. The zero-order valence-electron chi connectivity index (χ0n) is 12.5. The zero-order valence-corrected chi connectivity index (χ0v) is 13.3. The van der Waals surface area contributed by atoms with Crippen molar-refractivity contribution in [1.29, 1.82) is 0 Å². The first kappa shape index (κ1) is 16.3. The van der Waals surface area contributed by atoms with Crippen molar-refractivity contribution >= 4 is 10.0 Å². The molecule has 8 heteroatoms. The van der Waals surface area contributed by atoms with Crippen LogP contribution in [0.15, 0.2) is 12.4 Å². The minimum atomic E-state index is -3.12. The molecule has 2 unspecified atom stereocenters. The van der Waals surface area contributed by atoms with Gasteiger partial charge in [0, 0.05) is 25.5 Å². The van der Waals surface area contributed by atoms with E-state index in [-0.39, 0.29) is 12.0 Å². The molecule has 1 aliphatic rings. The molecule has 2 rings (SSSR count). The van der Waals surface area contributed by atoms with Crippen molar-refractivity contribution in [3.63, 3.8) is 0 Å². The fraction of sp³-hybridized carbons (Fsp3) is 0.692. The number of sulfonamides is 1. The summed E-state index contributed by atoms with van der Waals surface area (Å²) in [5, 5.41) is 0. The molecule has 7 nitrogen and oxygen atoms in total. The summed E-state index contributed by atoms with van der Waals surface area (Å²) in [5.74, 6) is 6.53. The summed E-state index contributed by atoms with van der Waals surface area (Å²) < 4.78 is 24.9. The summed E-state index contributed by atoms with van der Waals surface area (Å²) in [6, 6.07) is -0.157. The molecule has 2 heterocycles. The lowest BCUT2D eigenvalue weighted by Crippen LogP contribution is -2.41. The smallest absolute Gasteiger partial charge is 0.211 e. The lowest BCUT2D eigenvalue weighted by molar-refractivity contribution is 0.236. The monoisotopic (exact) mass is 313 g/mol. The highest BCUT2D eigenvalue weighted by Gasteiger charge is 2.28. The highest BCUT2D eigenvalue weighted by atomic mass is 32.2. The van der Waals surface area contributed by atoms with Crippen LogP contribution in [0.4, 0.5) is 0 Å². The van der Waals surface area contributed by atoms with Gasteiger partial charge in [-0.25, -0.2) is 28.1 Å². The molecule has 1 saturated heterocycles. The molecule has 118 valence electrons. The van der Waals surface area contributed by atoms with Crippen LogP contribution in [-0.4, -0.2) is 42.0 Å². The molecule has 0 radical (unpaired) electrons. The fourth-order valence-electron chi connectivity index (χ4n) is 2.68. The lowest BCUT2D eigenvalue weighted by Gasteiger charge is -2.32. The SMILES string of the molecule is Cc1cnc(C(CC2CCCN(S(C)(=O)=O)C2)NN)nc1. The van der Waals surface area contributed by atoms with E-state index in [0.29, 0.717) is 18.9 Å². The van der Waals surface area contributed by atoms with Gasteiger partial charge in [0.25, 0.3) is 0 Å². The summed E-state index contributed by atoms with van der Waals surface area (Å²) in [5.41, 5.74) is 3.74. The first-order chi connectivity index (χ1) is 9.90. The van der Waals surface area contributed by atoms with Crippen LogP contribution >= 0.6 is 0 Å². The van der Waals surface area contributed by atoms with Gasteiger partial charge in [0.2, 0.25) is 10.0 Å². The van der Waals surface area contributed by atoms with E-state index in [4.69, 9.17) is 5.84 Å². The molecular formula is C13H23N5O2S. The Morgan fingerprint density at radius 1 is 1.48 bits per heavy atom. The Labute approximate surface area is 126 Å². The number of hydrogen-bond donors (Lipinski definition) is 2. The normalized spacial score (nSPS) is 22.1. The molecule has 1 aromatic rings. The van der Waals surface area contributed by atoms with E-state index in [1.54, 1.807) is 16.7 Å². The third-order valence-electron chi connectivity index (χ3n) is 3.83. The van der Waals surface area contributed by atoms with Crippen LogP contribution in [-0.2, 0) is 10.0 Å². The molecule has 0 aliphatic carbocycles. The van der Waals surface area contributed by atoms with Crippen LogP contribution in [0.3, 0.4) is 0 Å². The van der Waals surface area contributed by atoms with Crippen molar-refractivity contribution in [1.82, 2.24) is 19.7 Å². The van der Waals surface area contributed by atoms with E-state index in [1.807, 2.05) is 6.92 Å².